The number of aryl methyl sites for hydroxylation is 2. The fourth-order valence-corrected chi connectivity index (χ4v) is 4.27. The molecule has 1 aromatic heterocycles. The van der Waals surface area contributed by atoms with Crippen LogP contribution in [-0.2, 0) is 15.9 Å². The number of thiazole rings is 1. The molecular weight excluding hydrogens is 300 g/mol. The van der Waals surface area contributed by atoms with Gasteiger partial charge in [-0.05, 0) is 32.6 Å². The lowest BCUT2D eigenvalue weighted by molar-refractivity contribution is -0.0956. The summed E-state index contributed by atoms with van der Waals surface area (Å²) >= 11 is 1.56. The van der Waals surface area contributed by atoms with Gasteiger partial charge in [-0.1, -0.05) is 6.92 Å². The number of ether oxygens (including phenoxy) is 2. The Labute approximate surface area is 135 Å². The van der Waals surface area contributed by atoms with Crippen molar-refractivity contribution in [2.75, 3.05) is 26.3 Å². The quantitative estimate of drug-likeness (QED) is 0.854. The molecule has 0 radical (unpaired) electrons. The summed E-state index contributed by atoms with van der Waals surface area (Å²) in [5.74, 6) is 0.564. The highest BCUT2D eigenvalue weighted by Crippen LogP contribution is 2.28. The van der Waals surface area contributed by atoms with Crippen molar-refractivity contribution < 1.29 is 14.3 Å². The van der Waals surface area contributed by atoms with Crippen LogP contribution in [0.5, 0.6) is 0 Å². The summed E-state index contributed by atoms with van der Waals surface area (Å²) in [6.07, 6.45) is 3.87. The lowest BCUT2D eigenvalue weighted by Gasteiger charge is -2.33. The fourth-order valence-electron chi connectivity index (χ4n) is 3.14. The summed E-state index contributed by atoms with van der Waals surface area (Å²) in [6, 6.07) is 0. The van der Waals surface area contributed by atoms with E-state index in [9.17, 15) is 4.79 Å². The summed E-state index contributed by atoms with van der Waals surface area (Å²) in [5.41, 5.74) is 0.878. The van der Waals surface area contributed by atoms with Crippen LogP contribution in [0.3, 0.4) is 0 Å². The van der Waals surface area contributed by atoms with Crippen molar-refractivity contribution in [3.05, 3.63) is 15.6 Å². The Morgan fingerprint density at radius 2 is 2.00 bits per heavy atom. The molecule has 2 aliphatic heterocycles. The number of aromatic nitrogens is 1. The predicted molar refractivity (Wildman–Crippen MR) is 85.2 cm³/mol. The largest absolute Gasteiger partial charge is 0.350 e. The van der Waals surface area contributed by atoms with Crippen LogP contribution in [0.4, 0.5) is 0 Å². The summed E-state index contributed by atoms with van der Waals surface area (Å²) in [5, 5.41) is 1.07. The molecule has 0 N–H and O–H groups in total. The van der Waals surface area contributed by atoms with Crippen molar-refractivity contribution in [2.45, 2.75) is 45.8 Å². The number of carbonyl (C=O) groups excluding carboxylic acids is 1. The van der Waals surface area contributed by atoms with Gasteiger partial charge in [0.1, 0.15) is 4.88 Å². The second kappa shape index (κ2) is 7.06. The van der Waals surface area contributed by atoms with Crippen molar-refractivity contribution in [1.29, 1.82) is 0 Å². The van der Waals surface area contributed by atoms with E-state index in [4.69, 9.17) is 9.47 Å². The standard InChI is InChI=1S/C16H24N2O3S/c1-3-4-13-17-11(2)14(22-13)15(19)18-7-5-12(6-8-18)16-20-9-10-21-16/h12,16H,3-10H2,1-2H3. The number of nitrogens with zero attached hydrogens (tertiary/aromatic N) is 2. The molecule has 22 heavy (non-hydrogen) atoms. The third-order valence-corrected chi connectivity index (χ3v) is 5.56. The van der Waals surface area contributed by atoms with Crippen LogP contribution in [0.1, 0.15) is 46.6 Å². The van der Waals surface area contributed by atoms with E-state index in [1.165, 1.54) is 0 Å². The van der Waals surface area contributed by atoms with E-state index < -0.39 is 0 Å². The first-order chi connectivity index (χ1) is 10.7. The van der Waals surface area contributed by atoms with Crippen LogP contribution in [0.25, 0.3) is 0 Å². The maximum absolute atomic E-state index is 12.7. The van der Waals surface area contributed by atoms with E-state index in [-0.39, 0.29) is 12.2 Å². The minimum Gasteiger partial charge on any atom is -0.350 e. The van der Waals surface area contributed by atoms with Crippen LogP contribution in [0, 0.1) is 12.8 Å². The molecule has 1 amide bonds. The summed E-state index contributed by atoms with van der Waals surface area (Å²) in [6.45, 7) is 7.04. The number of hydrogen-bond acceptors (Lipinski definition) is 5. The maximum atomic E-state index is 12.7. The van der Waals surface area contributed by atoms with Gasteiger partial charge in [-0.25, -0.2) is 4.98 Å². The molecule has 6 heteroatoms. The SMILES string of the molecule is CCCc1nc(C)c(C(=O)N2CCC(C3OCCO3)CC2)s1. The molecule has 0 aliphatic carbocycles. The van der Waals surface area contributed by atoms with E-state index in [1.807, 2.05) is 11.8 Å². The third-order valence-electron chi connectivity index (χ3n) is 4.36. The molecule has 0 atom stereocenters. The molecule has 0 saturated carbocycles. The Kier molecular flexibility index (Phi) is 5.10. The van der Waals surface area contributed by atoms with Gasteiger partial charge in [0.2, 0.25) is 0 Å². The van der Waals surface area contributed by atoms with E-state index in [1.54, 1.807) is 11.3 Å². The topological polar surface area (TPSA) is 51.7 Å². The summed E-state index contributed by atoms with van der Waals surface area (Å²) < 4.78 is 11.2. The number of piperidine rings is 1. The molecule has 2 saturated heterocycles. The first-order valence-corrected chi connectivity index (χ1v) is 8.99. The van der Waals surface area contributed by atoms with Crippen molar-refractivity contribution in [1.82, 2.24) is 9.88 Å². The summed E-state index contributed by atoms with van der Waals surface area (Å²) in [7, 11) is 0. The number of hydrogen-bond donors (Lipinski definition) is 0. The Morgan fingerprint density at radius 1 is 1.32 bits per heavy atom. The van der Waals surface area contributed by atoms with Gasteiger partial charge in [0.25, 0.3) is 5.91 Å². The highest BCUT2D eigenvalue weighted by Gasteiger charge is 2.32. The van der Waals surface area contributed by atoms with Crippen molar-refractivity contribution >= 4 is 17.2 Å². The number of carbonyl (C=O) groups is 1. The zero-order valence-electron chi connectivity index (χ0n) is 13.3. The van der Waals surface area contributed by atoms with Crippen LogP contribution in [-0.4, -0.2) is 48.4 Å². The van der Waals surface area contributed by atoms with Gasteiger partial charge in [0.15, 0.2) is 6.29 Å². The van der Waals surface area contributed by atoms with Gasteiger partial charge in [-0.3, -0.25) is 4.79 Å². The van der Waals surface area contributed by atoms with Crippen molar-refractivity contribution in [3.63, 3.8) is 0 Å². The lowest BCUT2D eigenvalue weighted by atomic mass is 9.96. The molecule has 2 aliphatic rings. The fraction of sp³-hybridized carbons (Fsp3) is 0.750. The number of amides is 1. The van der Waals surface area contributed by atoms with Crippen LogP contribution in [0.15, 0.2) is 0 Å². The normalized spacial score (nSPS) is 20.7. The third kappa shape index (κ3) is 3.34. The van der Waals surface area contributed by atoms with Crippen LogP contribution < -0.4 is 0 Å². The Bertz CT molecular complexity index is 517. The van der Waals surface area contributed by atoms with E-state index >= 15 is 0 Å². The maximum Gasteiger partial charge on any atom is 0.265 e. The molecule has 0 aromatic carbocycles. The average Bonchev–Trinajstić information content (AvgIpc) is 3.17. The first-order valence-electron chi connectivity index (χ1n) is 8.17. The van der Waals surface area contributed by atoms with Crippen LogP contribution >= 0.6 is 11.3 Å². The molecule has 3 rings (SSSR count). The van der Waals surface area contributed by atoms with Gasteiger partial charge in [-0.15, -0.1) is 11.3 Å². The molecule has 0 bridgehead atoms. The Morgan fingerprint density at radius 3 is 2.64 bits per heavy atom. The molecule has 0 spiro atoms. The lowest BCUT2D eigenvalue weighted by Crippen LogP contribution is -2.41. The van der Waals surface area contributed by atoms with Gasteiger partial charge in [0.05, 0.1) is 23.9 Å². The van der Waals surface area contributed by atoms with Crippen molar-refractivity contribution in [2.24, 2.45) is 5.92 Å². The van der Waals surface area contributed by atoms with E-state index in [2.05, 4.69) is 11.9 Å². The summed E-state index contributed by atoms with van der Waals surface area (Å²) in [4.78, 5) is 20.0. The molecular formula is C16H24N2O3S. The Hall–Kier alpha value is -0.980. The number of rotatable bonds is 4. The smallest absolute Gasteiger partial charge is 0.265 e. The zero-order chi connectivity index (χ0) is 15.5. The zero-order valence-corrected chi connectivity index (χ0v) is 14.2. The minimum atomic E-state index is -0.0569. The number of likely N-dealkylation sites (tertiary alicyclic amines) is 1. The average molecular weight is 324 g/mol. The second-order valence-electron chi connectivity index (χ2n) is 6.01. The van der Waals surface area contributed by atoms with Crippen LogP contribution in [0.2, 0.25) is 0 Å². The van der Waals surface area contributed by atoms with Gasteiger partial charge >= 0.3 is 0 Å². The van der Waals surface area contributed by atoms with E-state index in [0.29, 0.717) is 19.1 Å². The molecule has 2 fully saturated rings. The van der Waals surface area contributed by atoms with Crippen molar-refractivity contribution in [3.8, 4) is 0 Å². The monoisotopic (exact) mass is 324 g/mol. The molecule has 3 heterocycles. The van der Waals surface area contributed by atoms with Gasteiger partial charge in [0, 0.05) is 19.0 Å². The molecule has 0 unspecified atom stereocenters. The second-order valence-corrected chi connectivity index (χ2v) is 7.10. The first kappa shape index (κ1) is 15.9. The van der Waals surface area contributed by atoms with E-state index in [0.717, 1.165) is 54.4 Å². The molecule has 5 nitrogen and oxygen atoms in total. The highest BCUT2D eigenvalue weighted by atomic mass is 32.1. The Balaban J connectivity index is 1.59. The molecule has 1 aromatic rings. The molecule has 122 valence electrons. The minimum absolute atomic E-state index is 0.0569. The van der Waals surface area contributed by atoms with Gasteiger partial charge in [-0.2, -0.15) is 0 Å². The predicted octanol–water partition coefficient (Wildman–Crippen LogP) is 2.63. The highest BCUT2D eigenvalue weighted by molar-refractivity contribution is 7.13. The van der Waals surface area contributed by atoms with Gasteiger partial charge < -0.3 is 14.4 Å².